The third kappa shape index (κ3) is 3.29. The molecule has 0 heterocycles. The number of non-ortho nitro benzene ring substituents is 1. The summed E-state index contributed by atoms with van der Waals surface area (Å²) < 4.78 is 0. The van der Waals surface area contributed by atoms with Gasteiger partial charge < -0.3 is 10.4 Å². The maximum atomic E-state index is 12.3. The molecule has 0 spiro atoms. The van der Waals surface area contributed by atoms with Crippen LogP contribution in [-0.4, -0.2) is 20.9 Å². The first-order valence-electron chi connectivity index (χ1n) is 6.75. The Labute approximate surface area is 135 Å². The third-order valence-corrected chi connectivity index (χ3v) is 3.42. The maximum Gasteiger partial charge on any atom is 0.289 e. The van der Waals surface area contributed by atoms with Crippen molar-refractivity contribution in [2.45, 2.75) is 13.8 Å². The van der Waals surface area contributed by atoms with E-state index in [9.17, 15) is 30.1 Å². The highest BCUT2D eigenvalue weighted by atomic mass is 16.6. The minimum atomic E-state index is -0.850. The van der Waals surface area contributed by atoms with E-state index >= 15 is 0 Å². The summed E-state index contributed by atoms with van der Waals surface area (Å²) in [6, 6.07) is 5.78. The molecule has 2 rings (SSSR count). The van der Waals surface area contributed by atoms with Crippen LogP contribution in [0.1, 0.15) is 21.5 Å². The minimum absolute atomic E-state index is 0.0619. The molecular weight excluding hydrogens is 318 g/mol. The Hall–Kier alpha value is -3.49. The number of hydrogen-bond acceptors (Lipinski definition) is 6. The topological polar surface area (TPSA) is 136 Å². The van der Waals surface area contributed by atoms with Crippen LogP contribution in [0.5, 0.6) is 5.75 Å². The van der Waals surface area contributed by atoms with Crippen molar-refractivity contribution in [3.8, 4) is 5.75 Å². The van der Waals surface area contributed by atoms with Crippen LogP contribution in [0.3, 0.4) is 0 Å². The fraction of sp³-hybridized carbons (Fsp3) is 0.133. The van der Waals surface area contributed by atoms with Gasteiger partial charge in [-0.25, -0.2) is 0 Å². The van der Waals surface area contributed by atoms with E-state index in [1.54, 1.807) is 13.8 Å². The molecule has 2 N–H and O–H groups in total. The Balaban J connectivity index is 2.42. The number of carbonyl (C=O) groups excluding carboxylic acids is 1. The van der Waals surface area contributed by atoms with Crippen LogP contribution in [0.4, 0.5) is 17.1 Å². The Morgan fingerprint density at radius 1 is 1.04 bits per heavy atom. The number of aryl methyl sites for hydroxylation is 2. The van der Waals surface area contributed by atoms with Gasteiger partial charge in [-0.1, -0.05) is 0 Å². The molecule has 0 bridgehead atoms. The fourth-order valence-corrected chi connectivity index (χ4v) is 2.10. The van der Waals surface area contributed by atoms with Crippen LogP contribution in [-0.2, 0) is 0 Å². The Bertz CT molecular complexity index is 863. The van der Waals surface area contributed by atoms with Crippen molar-refractivity contribution in [1.29, 1.82) is 0 Å². The number of nitrogens with zero attached hydrogens (tertiary/aromatic N) is 2. The molecule has 0 saturated carbocycles. The number of anilines is 1. The van der Waals surface area contributed by atoms with E-state index in [0.717, 1.165) is 18.2 Å². The van der Waals surface area contributed by atoms with Crippen LogP contribution in [0.25, 0.3) is 0 Å². The maximum absolute atomic E-state index is 12.3. The summed E-state index contributed by atoms with van der Waals surface area (Å²) >= 11 is 0. The summed E-state index contributed by atoms with van der Waals surface area (Å²) in [6.45, 7) is 3.29. The molecule has 0 aliphatic rings. The number of nitro benzene ring substituents is 2. The number of nitrogens with one attached hydrogen (secondary N) is 1. The number of hydrogen-bond donors (Lipinski definition) is 2. The molecule has 0 radical (unpaired) electrons. The van der Waals surface area contributed by atoms with Crippen LogP contribution in [0.15, 0.2) is 30.3 Å². The highest BCUT2D eigenvalue weighted by molar-refractivity contribution is 6.07. The van der Waals surface area contributed by atoms with Crippen LogP contribution >= 0.6 is 0 Å². The molecular formula is C15H13N3O6. The number of carbonyl (C=O) groups is 1. The quantitative estimate of drug-likeness (QED) is 0.502. The SMILES string of the molecule is Cc1cc(NC(=O)c2ccc([N+](=O)[O-])cc2[N+](=O)[O-])c(C)cc1O. The van der Waals surface area contributed by atoms with Gasteiger partial charge in [-0.05, 0) is 43.2 Å². The molecule has 9 nitrogen and oxygen atoms in total. The van der Waals surface area contributed by atoms with E-state index in [-0.39, 0.29) is 11.3 Å². The molecule has 9 heteroatoms. The lowest BCUT2D eigenvalue weighted by Crippen LogP contribution is -2.15. The molecule has 0 aromatic heterocycles. The largest absolute Gasteiger partial charge is 0.508 e. The number of rotatable bonds is 4. The first-order valence-corrected chi connectivity index (χ1v) is 6.75. The predicted molar refractivity (Wildman–Crippen MR) is 85.3 cm³/mol. The molecule has 24 heavy (non-hydrogen) atoms. The second-order valence-corrected chi connectivity index (χ2v) is 5.12. The number of nitro groups is 2. The summed E-state index contributed by atoms with van der Waals surface area (Å²) in [5.74, 6) is -0.711. The molecule has 0 atom stereocenters. The van der Waals surface area contributed by atoms with Crippen LogP contribution in [0.2, 0.25) is 0 Å². The monoisotopic (exact) mass is 331 g/mol. The highest BCUT2D eigenvalue weighted by Gasteiger charge is 2.24. The summed E-state index contributed by atoms with van der Waals surface area (Å²) in [5, 5.41) is 33.9. The van der Waals surface area contributed by atoms with Gasteiger partial charge in [0.15, 0.2) is 0 Å². The van der Waals surface area contributed by atoms with E-state index < -0.39 is 27.1 Å². The summed E-state index contributed by atoms with van der Waals surface area (Å²) in [5.41, 5.74) is 0.0357. The molecule has 0 unspecified atom stereocenters. The smallest absolute Gasteiger partial charge is 0.289 e. The van der Waals surface area contributed by atoms with Gasteiger partial charge in [0, 0.05) is 11.8 Å². The standard InChI is InChI=1S/C15H13N3O6/c1-8-6-14(19)9(2)5-12(8)16-15(20)11-4-3-10(17(21)22)7-13(11)18(23)24/h3-7,19H,1-2H3,(H,16,20). The Morgan fingerprint density at radius 3 is 2.29 bits per heavy atom. The summed E-state index contributed by atoms with van der Waals surface area (Å²) in [7, 11) is 0. The van der Waals surface area contributed by atoms with Crippen molar-refractivity contribution >= 4 is 23.0 Å². The second-order valence-electron chi connectivity index (χ2n) is 5.12. The Morgan fingerprint density at radius 2 is 1.71 bits per heavy atom. The fourth-order valence-electron chi connectivity index (χ4n) is 2.10. The number of benzene rings is 2. The summed E-state index contributed by atoms with van der Waals surface area (Å²) in [6.07, 6.45) is 0. The lowest BCUT2D eigenvalue weighted by molar-refractivity contribution is -0.394. The molecule has 0 aliphatic heterocycles. The van der Waals surface area contributed by atoms with E-state index in [1.807, 2.05) is 0 Å². The zero-order chi connectivity index (χ0) is 18.0. The average molecular weight is 331 g/mol. The molecule has 0 fully saturated rings. The predicted octanol–water partition coefficient (Wildman–Crippen LogP) is 3.08. The molecule has 2 aromatic rings. The molecule has 1 amide bonds. The first-order chi connectivity index (χ1) is 11.2. The van der Waals surface area contributed by atoms with Crippen molar-refractivity contribution in [3.63, 3.8) is 0 Å². The van der Waals surface area contributed by atoms with Gasteiger partial charge in [-0.15, -0.1) is 0 Å². The lowest BCUT2D eigenvalue weighted by Gasteiger charge is -2.11. The van der Waals surface area contributed by atoms with Gasteiger partial charge in [0.05, 0.1) is 15.9 Å². The molecule has 0 aliphatic carbocycles. The van der Waals surface area contributed by atoms with E-state index in [4.69, 9.17) is 0 Å². The van der Waals surface area contributed by atoms with Gasteiger partial charge in [-0.2, -0.15) is 0 Å². The van der Waals surface area contributed by atoms with Gasteiger partial charge in [0.1, 0.15) is 11.3 Å². The zero-order valence-corrected chi connectivity index (χ0v) is 12.8. The summed E-state index contributed by atoms with van der Waals surface area (Å²) in [4.78, 5) is 32.5. The van der Waals surface area contributed by atoms with Crippen LogP contribution < -0.4 is 5.32 Å². The number of aromatic hydroxyl groups is 1. The van der Waals surface area contributed by atoms with E-state index in [1.165, 1.54) is 12.1 Å². The molecule has 2 aromatic carbocycles. The van der Waals surface area contributed by atoms with Crippen molar-refractivity contribution in [2.75, 3.05) is 5.32 Å². The van der Waals surface area contributed by atoms with Crippen molar-refractivity contribution in [1.82, 2.24) is 0 Å². The second kappa shape index (κ2) is 6.32. The molecule has 0 saturated heterocycles. The van der Waals surface area contributed by atoms with Gasteiger partial charge in [0.25, 0.3) is 17.3 Å². The number of amides is 1. The zero-order valence-electron chi connectivity index (χ0n) is 12.8. The van der Waals surface area contributed by atoms with Gasteiger partial charge in [-0.3, -0.25) is 25.0 Å². The van der Waals surface area contributed by atoms with Crippen molar-refractivity contribution < 1.29 is 19.7 Å². The van der Waals surface area contributed by atoms with Crippen LogP contribution in [0, 0.1) is 34.1 Å². The third-order valence-electron chi connectivity index (χ3n) is 3.42. The average Bonchev–Trinajstić information content (AvgIpc) is 2.51. The van der Waals surface area contributed by atoms with Crippen molar-refractivity contribution in [2.24, 2.45) is 0 Å². The highest BCUT2D eigenvalue weighted by Crippen LogP contribution is 2.28. The van der Waals surface area contributed by atoms with E-state index in [2.05, 4.69) is 5.32 Å². The van der Waals surface area contributed by atoms with Crippen molar-refractivity contribution in [3.05, 3.63) is 67.3 Å². The van der Waals surface area contributed by atoms with E-state index in [0.29, 0.717) is 16.8 Å². The number of phenols is 1. The normalized spacial score (nSPS) is 10.2. The van der Waals surface area contributed by atoms with Gasteiger partial charge >= 0.3 is 0 Å². The van der Waals surface area contributed by atoms with Gasteiger partial charge in [0.2, 0.25) is 0 Å². The number of phenolic OH excluding ortho intramolecular Hbond substituents is 1. The minimum Gasteiger partial charge on any atom is -0.508 e. The molecule has 124 valence electrons. The first kappa shape index (κ1) is 16.9. The Kier molecular flexibility index (Phi) is 4.45. The lowest BCUT2D eigenvalue weighted by atomic mass is 10.1.